The van der Waals surface area contributed by atoms with Gasteiger partial charge in [0.2, 0.25) is 0 Å². The predicted molar refractivity (Wildman–Crippen MR) is 147 cm³/mol. The second-order valence-electron chi connectivity index (χ2n) is 9.03. The van der Waals surface area contributed by atoms with Crippen molar-refractivity contribution in [3.8, 4) is 35.2 Å². The summed E-state index contributed by atoms with van der Waals surface area (Å²) in [5, 5.41) is 28.6. The first-order valence-corrected chi connectivity index (χ1v) is 12.1. The Morgan fingerprint density at radius 2 is 1.54 bits per heavy atom. The second kappa shape index (κ2) is 9.16. The van der Waals surface area contributed by atoms with E-state index >= 15 is 0 Å². The molecule has 7 nitrogen and oxygen atoms in total. The summed E-state index contributed by atoms with van der Waals surface area (Å²) >= 11 is 0. The van der Waals surface area contributed by atoms with Gasteiger partial charge in [-0.1, -0.05) is 54.6 Å². The Kier molecular flexibility index (Phi) is 5.50. The van der Waals surface area contributed by atoms with Crippen molar-refractivity contribution in [3.63, 3.8) is 0 Å². The molecule has 0 unspecified atom stereocenters. The molecule has 3 aromatic carbocycles. The molecule has 0 atom stereocenters. The van der Waals surface area contributed by atoms with E-state index in [1.165, 1.54) is 0 Å². The smallest absolute Gasteiger partial charge is 0.194 e. The number of ketones is 1. The molecule has 0 spiro atoms. The topological polar surface area (TPSA) is 111 Å². The van der Waals surface area contributed by atoms with Gasteiger partial charge in [-0.2, -0.15) is 15.8 Å². The first-order chi connectivity index (χ1) is 19.0. The number of benzene rings is 3. The van der Waals surface area contributed by atoms with Crippen LogP contribution in [0, 0.1) is 34.0 Å². The number of para-hydroxylation sites is 1. The van der Waals surface area contributed by atoms with Crippen LogP contribution in [0.15, 0.2) is 96.1 Å². The van der Waals surface area contributed by atoms with Crippen LogP contribution in [-0.2, 0) is 7.05 Å². The molecule has 7 heteroatoms. The van der Waals surface area contributed by atoms with Crippen molar-refractivity contribution in [2.45, 2.75) is 0 Å². The summed E-state index contributed by atoms with van der Waals surface area (Å²) in [4.78, 5) is 18.5. The number of carbonyl (C=O) groups is 1. The van der Waals surface area contributed by atoms with Crippen LogP contribution in [0.25, 0.3) is 39.8 Å². The fourth-order valence-electron chi connectivity index (χ4n) is 5.07. The number of allylic oxidation sites excluding steroid dienone is 3. The van der Waals surface area contributed by atoms with E-state index in [4.69, 9.17) is 10.2 Å². The Bertz CT molecular complexity index is 1980. The fourth-order valence-corrected chi connectivity index (χ4v) is 5.07. The number of hydrogen-bond donors (Lipinski definition) is 0. The van der Waals surface area contributed by atoms with Crippen LogP contribution < -0.4 is 0 Å². The van der Waals surface area contributed by atoms with Gasteiger partial charge in [0.05, 0.1) is 22.8 Å². The lowest BCUT2D eigenvalue weighted by Crippen LogP contribution is -2.01. The molecular formula is C32H18N6O. The van der Waals surface area contributed by atoms with Crippen LogP contribution in [0.2, 0.25) is 0 Å². The normalized spacial score (nSPS) is 13.2. The Hall–Kier alpha value is -5.97. The van der Waals surface area contributed by atoms with Crippen LogP contribution in [-0.4, -0.2) is 19.9 Å². The highest BCUT2D eigenvalue weighted by Gasteiger charge is 2.33. The highest BCUT2D eigenvalue weighted by Crippen LogP contribution is 2.40. The maximum Gasteiger partial charge on any atom is 0.194 e. The molecule has 0 fully saturated rings. The minimum Gasteiger partial charge on any atom is -0.327 e. The minimum atomic E-state index is -0.256. The molecular weight excluding hydrogens is 484 g/mol. The molecule has 0 N–H and O–H groups in total. The van der Waals surface area contributed by atoms with Gasteiger partial charge in [0.1, 0.15) is 23.5 Å². The van der Waals surface area contributed by atoms with Gasteiger partial charge >= 0.3 is 0 Å². The van der Waals surface area contributed by atoms with E-state index in [-0.39, 0.29) is 16.9 Å². The number of nitrogens with zero attached hydrogens (tertiary/aromatic N) is 6. The number of nitriles is 3. The summed E-state index contributed by atoms with van der Waals surface area (Å²) in [7, 11) is 1.92. The maximum absolute atomic E-state index is 13.5. The zero-order valence-corrected chi connectivity index (χ0v) is 20.8. The average molecular weight is 503 g/mol. The van der Waals surface area contributed by atoms with Gasteiger partial charge in [0.15, 0.2) is 11.4 Å². The lowest BCUT2D eigenvalue weighted by molar-refractivity contribution is 0.104. The van der Waals surface area contributed by atoms with E-state index in [2.05, 4.69) is 6.07 Å². The highest BCUT2D eigenvalue weighted by molar-refractivity contribution is 6.29. The fraction of sp³-hybridized carbons (Fsp3) is 0.0312. The number of hydrogen-bond acceptors (Lipinski definition) is 5. The lowest BCUT2D eigenvalue weighted by Gasteiger charge is -2.08. The molecule has 0 saturated heterocycles. The predicted octanol–water partition coefficient (Wildman–Crippen LogP) is 5.98. The van der Waals surface area contributed by atoms with Crippen molar-refractivity contribution in [1.82, 2.24) is 14.1 Å². The van der Waals surface area contributed by atoms with Gasteiger partial charge in [0, 0.05) is 29.4 Å². The summed E-state index contributed by atoms with van der Waals surface area (Å²) in [5.74, 6) is 0.241. The van der Waals surface area contributed by atoms with Crippen LogP contribution in [0.1, 0.15) is 27.3 Å². The molecule has 6 rings (SSSR count). The van der Waals surface area contributed by atoms with E-state index in [0.29, 0.717) is 33.7 Å². The molecule has 1 aliphatic carbocycles. The highest BCUT2D eigenvalue weighted by atomic mass is 16.1. The zero-order valence-electron chi connectivity index (χ0n) is 20.8. The molecule has 39 heavy (non-hydrogen) atoms. The number of aryl methyl sites for hydroxylation is 1. The third kappa shape index (κ3) is 3.64. The lowest BCUT2D eigenvalue weighted by atomic mass is 9.99. The van der Waals surface area contributed by atoms with Crippen molar-refractivity contribution in [3.05, 3.63) is 119 Å². The van der Waals surface area contributed by atoms with Crippen molar-refractivity contribution in [1.29, 1.82) is 15.8 Å². The standard InChI is InChI=1S/C32H18N6O/c1-37-27(21-13-11-20(17-33)12-14-21)16-28-32(37)36-29(38(28)23-7-3-2-4-8-23)15-26-30(22(18-34)19-35)24-9-5-6-10-25(24)31(26)39/h2-16H,1H3/b26-15-. The molecule has 5 aromatic rings. The van der Waals surface area contributed by atoms with Crippen LogP contribution in [0.4, 0.5) is 0 Å². The molecule has 0 bridgehead atoms. The quantitative estimate of drug-likeness (QED) is 0.222. The molecule has 2 aromatic heterocycles. The molecule has 1 aliphatic rings. The average Bonchev–Trinajstić information content (AvgIpc) is 3.59. The van der Waals surface area contributed by atoms with Gasteiger partial charge < -0.3 is 4.57 Å². The van der Waals surface area contributed by atoms with Crippen molar-refractivity contribution < 1.29 is 4.79 Å². The van der Waals surface area contributed by atoms with Gasteiger partial charge in [-0.05, 0) is 47.5 Å². The number of carbonyl (C=O) groups excluding carboxylic acids is 1. The van der Waals surface area contributed by atoms with Gasteiger partial charge in [-0.25, -0.2) is 4.98 Å². The summed E-state index contributed by atoms with van der Waals surface area (Å²) in [6.07, 6.45) is 1.67. The van der Waals surface area contributed by atoms with Crippen molar-refractivity contribution >= 4 is 28.6 Å². The molecule has 182 valence electrons. The van der Waals surface area contributed by atoms with E-state index in [9.17, 15) is 15.3 Å². The second-order valence-corrected chi connectivity index (χ2v) is 9.03. The monoisotopic (exact) mass is 502 g/mol. The van der Waals surface area contributed by atoms with E-state index in [1.807, 2.05) is 76.9 Å². The first-order valence-electron chi connectivity index (χ1n) is 12.1. The maximum atomic E-state index is 13.5. The van der Waals surface area contributed by atoms with Gasteiger partial charge in [-0.3, -0.25) is 9.36 Å². The number of aromatic nitrogens is 3. The van der Waals surface area contributed by atoms with Crippen molar-refractivity contribution in [2.75, 3.05) is 0 Å². The van der Waals surface area contributed by atoms with Gasteiger partial charge in [-0.15, -0.1) is 0 Å². The summed E-state index contributed by atoms with van der Waals surface area (Å²) in [5.41, 5.74) is 6.28. The zero-order chi connectivity index (χ0) is 27.1. The summed E-state index contributed by atoms with van der Waals surface area (Å²) < 4.78 is 3.93. The molecule has 0 saturated carbocycles. The van der Waals surface area contributed by atoms with Crippen molar-refractivity contribution in [2.24, 2.45) is 7.05 Å². The van der Waals surface area contributed by atoms with Crippen LogP contribution in [0.3, 0.4) is 0 Å². The van der Waals surface area contributed by atoms with E-state index in [1.54, 1.807) is 42.5 Å². The van der Waals surface area contributed by atoms with E-state index < -0.39 is 0 Å². The minimum absolute atomic E-state index is 0.120. The third-order valence-electron chi connectivity index (χ3n) is 6.90. The number of rotatable bonds is 3. The molecule has 0 radical (unpaired) electrons. The Morgan fingerprint density at radius 3 is 2.21 bits per heavy atom. The SMILES string of the molecule is Cn1c(-c2ccc(C#N)cc2)cc2c1nc(/C=C1\C(=O)c3ccccc3C1=C(C#N)C#N)n2-c1ccccc1. The van der Waals surface area contributed by atoms with Crippen LogP contribution in [0.5, 0.6) is 0 Å². The molecule has 0 aliphatic heterocycles. The largest absolute Gasteiger partial charge is 0.327 e. The number of imidazole rings is 1. The first kappa shape index (κ1) is 23.4. The van der Waals surface area contributed by atoms with E-state index in [0.717, 1.165) is 22.5 Å². The van der Waals surface area contributed by atoms with Crippen LogP contribution >= 0.6 is 0 Å². The number of Topliss-reactive ketones (excluding diaryl/α,β-unsaturated/α-hetero) is 1. The van der Waals surface area contributed by atoms with Gasteiger partial charge in [0.25, 0.3) is 0 Å². The Labute approximate surface area is 224 Å². The third-order valence-corrected chi connectivity index (χ3v) is 6.90. The number of fused-ring (bicyclic) bond motifs is 2. The summed E-state index contributed by atoms with van der Waals surface area (Å²) in [6, 6.07) is 32.1. The molecule has 0 amide bonds. The molecule has 2 heterocycles. The summed E-state index contributed by atoms with van der Waals surface area (Å²) in [6.45, 7) is 0. The Morgan fingerprint density at radius 1 is 0.872 bits per heavy atom. The Balaban J connectivity index is 1.61.